The number of anilines is 1. The molecule has 1 fully saturated rings. The van der Waals surface area contributed by atoms with Gasteiger partial charge in [-0.3, -0.25) is 10.1 Å². The number of hydrogen-bond acceptors (Lipinski definition) is 5. The Bertz CT molecular complexity index is 653. The summed E-state index contributed by atoms with van der Waals surface area (Å²) in [5.74, 6) is 0. The van der Waals surface area contributed by atoms with Crippen molar-refractivity contribution in [1.82, 2.24) is 4.98 Å². The first-order valence-electron chi connectivity index (χ1n) is 6.06. The van der Waals surface area contributed by atoms with Gasteiger partial charge in [-0.05, 0) is 18.9 Å². The van der Waals surface area contributed by atoms with Crippen LogP contribution in [-0.2, 0) is 0 Å². The van der Waals surface area contributed by atoms with Crippen LogP contribution in [0.2, 0.25) is 0 Å². The lowest BCUT2D eigenvalue weighted by atomic mass is 10.1. The Labute approximate surface area is 109 Å². The van der Waals surface area contributed by atoms with Crippen molar-refractivity contribution in [2.24, 2.45) is 0 Å². The number of aromatic nitrogens is 1. The Kier molecular flexibility index (Phi) is 2.60. The summed E-state index contributed by atoms with van der Waals surface area (Å²) in [6.45, 7) is 0.0613. The first-order valence-corrected chi connectivity index (χ1v) is 6.06. The van der Waals surface area contributed by atoms with E-state index in [9.17, 15) is 15.2 Å². The fourth-order valence-electron chi connectivity index (χ4n) is 2.18. The minimum atomic E-state index is -0.432. The fraction of sp³-hybridized carbons (Fsp3) is 0.308. The lowest BCUT2D eigenvalue weighted by Crippen LogP contribution is -2.25. The van der Waals surface area contributed by atoms with Crippen LogP contribution in [-0.4, -0.2) is 27.2 Å². The second-order valence-electron chi connectivity index (χ2n) is 4.85. The molecule has 0 amide bonds. The molecule has 0 atom stereocenters. The van der Waals surface area contributed by atoms with Crippen LogP contribution in [0.3, 0.4) is 0 Å². The van der Waals surface area contributed by atoms with Crippen molar-refractivity contribution in [3.63, 3.8) is 0 Å². The molecule has 6 heteroatoms. The van der Waals surface area contributed by atoms with Gasteiger partial charge in [-0.15, -0.1) is 0 Å². The number of non-ortho nitro benzene ring substituents is 1. The number of nitro benzene ring substituents is 1. The van der Waals surface area contributed by atoms with Gasteiger partial charge in [0.25, 0.3) is 5.69 Å². The molecule has 6 nitrogen and oxygen atoms in total. The minimum absolute atomic E-state index is 0.00463. The van der Waals surface area contributed by atoms with Crippen molar-refractivity contribution < 1.29 is 10.0 Å². The second kappa shape index (κ2) is 4.17. The maximum absolute atomic E-state index is 11.0. The van der Waals surface area contributed by atoms with Gasteiger partial charge >= 0.3 is 0 Å². The number of nitrogens with zero attached hydrogens (tertiary/aromatic N) is 2. The average molecular weight is 259 g/mol. The van der Waals surface area contributed by atoms with Crippen molar-refractivity contribution >= 4 is 22.3 Å². The molecule has 19 heavy (non-hydrogen) atoms. The SMILES string of the molecule is O=[N+]([O-])c1cccc2c(NC3(CO)CC3)ccnc12. The Morgan fingerprint density at radius 1 is 1.42 bits per heavy atom. The predicted molar refractivity (Wildman–Crippen MR) is 71.1 cm³/mol. The second-order valence-corrected chi connectivity index (χ2v) is 4.85. The van der Waals surface area contributed by atoms with Crippen LogP contribution in [0.1, 0.15) is 12.8 Å². The number of hydrogen-bond donors (Lipinski definition) is 2. The van der Waals surface area contributed by atoms with Crippen LogP contribution in [0, 0.1) is 10.1 Å². The summed E-state index contributed by atoms with van der Waals surface area (Å²) in [5, 5.41) is 24.3. The molecule has 1 saturated carbocycles. The summed E-state index contributed by atoms with van der Waals surface area (Å²) >= 11 is 0. The molecule has 0 radical (unpaired) electrons. The molecule has 3 rings (SSSR count). The van der Waals surface area contributed by atoms with Crippen LogP contribution in [0.25, 0.3) is 10.9 Å². The topological polar surface area (TPSA) is 88.3 Å². The van der Waals surface area contributed by atoms with Crippen LogP contribution >= 0.6 is 0 Å². The zero-order valence-electron chi connectivity index (χ0n) is 10.2. The van der Waals surface area contributed by atoms with E-state index in [1.54, 1.807) is 24.4 Å². The number of nitro groups is 1. The van der Waals surface area contributed by atoms with Gasteiger partial charge in [-0.25, -0.2) is 4.98 Å². The van der Waals surface area contributed by atoms with Crippen LogP contribution in [0.5, 0.6) is 0 Å². The zero-order chi connectivity index (χ0) is 13.5. The molecule has 1 heterocycles. The fourth-order valence-corrected chi connectivity index (χ4v) is 2.18. The third-order valence-corrected chi connectivity index (χ3v) is 3.50. The monoisotopic (exact) mass is 259 g/mol. The minimum Gasteiger partial charge on any atom is -0.394 e. The Morgan fingerprint density at radius 3 is 2.84 bits per heavy atom. The summed E-state index contributed by atoms with van der Waals surface area (Å²) in [7, 11) is 0. The number of aliphatic hydroxyl groups is 1. The molecule has 0 bridgehead atoms. The quantitative estimate of drug-likeness (QED) is 0.648. The highest BCUT2D eigenvalue weighted by Gasteiger charge is 2.42. The molecule has 0 aliphatic heterocycles. The Morgan fingerprint density at radius 2 is 2.21 bits per heavy atom. The highest BCUT2D eigenvalue weighted by molar-refractivity contribution is 5.96. The van der Waals surface area contributed by atoms with E-state index < -0.39 is 4.92 Å². The largest absolute Gasteiger partial charge is 0.394 e. The van der Waals surface area contributed by atoms with E-state index in [-0.39, 0.29) is 17.8 Å². The van der Waals surface area contributed by atoms with Gasteiger partial charge in [0, 0.05) is 23.3 Å². The van der Waals surface area contributed by atoms with Crippen LogP contribution in [0.15, 0.2) is 30.5 Å². The Balaban J connectivity index is 2.11. The standard InChI is InChI=1S/C13H13N3O3/c17-8-13(5-6-13)15-10-4-7-14-12-9(10)2-1-3-11(12)16(18)19/h1-4,7,17H,5-6,8H2,(H,14,15). The summed E-state index contributed by atoms with van der Waals surface area (Å²) < 4.78 is 0. The molecule has 1 aliphatic carbocycles. The third kappa shape index (κ3) is 2.00. The highest BCUT2D eigenvalue weighted by Crippen LogP contribution is 2.40. The van der Waals surface area contributed by atoms with Crippen molar-refractivity contribution in [2.75, 3.05) is 11.9 Å². The smallest absolute Gasteiger partial charge is 0.295 e. The van der Waals surface area contributed by atoms with Crippen LogP contribution < -0.4 is 5.32 Å². The molecule has 2 N–H and O–H groups in total. The summed E-state index contributed by atoms with van der Waals surface area (Å²) in [6.07, 6.45) is 3.36. The van der Waals surface area contributed by atoms with E-state index >= 15 is 0 Å². The molecular formula is C13H13N3O3. The third-order valence-electron chi connectivity index (χ3n) is 3.50. The summed E-state index contributed by atoms with van der Waals surface area (Å²) in [6, 6.07) is 6.66. The van der Waals surface area contributed by atoms with E-state index in [4.69, 9.17) is 0 Å². The molecular weight excluding hydrogens is 246 g/mol. The zero-order valence-corrected chi connectivity index (χ0v) is 10.2. The molecule has 0 saturated heterocycles. The number of benzene rings is 1. The number of pyridine rings is 1. The first kappa shape index (κ1) is 11.9. The normalized spacial score (nSPS) is 16.3. The molecule has 1 aromatic heterocycles. The molecule has 0 unspecified atom stereocenters. The average Bonchev–Trinajstić information content (AvgIpc) is 3.19. The van der Waals surface area contributed by atoms with E-state index in [2.05, 4.69) is 10.3 Å². The van der Waals surface area contributed by atoms with Crippen molar-refractivity contribution in [2.45, 2.75) is 18.4 Å². The number of aliphatic hydroxyl groups excluding tert-OH is 1. The van der Waals surface area contributed by atoms with E-state index in [0.29, 0.717) is 10.9 Å². The molecule has 1 aromatic carbocycles. The number of para-hydroxylation sites is 1. The van der Waals surface area contributed by atoms with Gasteiger partial charge in [-0.2, -0.15) is 0 Å². The van der Waals surface area contributed by atoms with Crippen molar-refractivity contribution in [3.05, 3.63) is 40.6 Å². The van der Waals surface area contributed by atoms with Gasteiger partial charge in [-0.1, -0.05) is 12.1 Å². The Hall–Kier alpha value is -2.21. The number of nitrogens with one attached hydrogen (secondary N) is 1. The maximum Gasteiger partial charge on any atom is 0.295 e. The van der Waals surface area contributed by atoms with Crippen molar-refractivity contribution in [3.8, 4) is 0 Å². The van der Waals surface area contributed by atoms with Gasteiger partial charge < -0.3 is 10.4 Å². The van der Waals surface area contributed by atoms with E-state index in [1.165, 1.54) is 6.07 Å². The van der Waals surface area contributed by atoms with Gasteiger partial charge in [0.1, 0.15) is 5.52 Å². The molecule has 98 valence electrons. The molecule has 2 aromatic rings. The van der Waals surface area contributed by atoms with E-state index in [1.807, 2.05) is 0 Å². The lowest BCUT2D eigenvalue weighted by molar-refractivity contribution is -0.383. The number of rotatable bonds is 4. The first-order chi connectivity index (χ1) is 9.15. The van der Waals surface area contributed by atoms with Gasteiger partial charge in [0.15, 0.2) is 0 Å². The molecule has 1 aliphatic rings. The van der Waals surface area contributed by atoms with E-state index in [0.717, 1.165) is 18.5 Å². The maximum atomic E-state index is 11.0. The predicted octanol–water partition coefficient (Wildman–Crippen LogP) is 2.08. The van der Waals surface area contributed by atoms with Crippen molar-refractivity contribution in [1.29, 1.82) is 0 Å². The van der Waals surface area contributed by atoms with Crippen LogP contribution in [0.4, 0.5) is 11.4 Å². The van der Waals surface area contributed by atoms with Gasteiger partial charge in [0.05, 0.1) is 17.1 Å². The number of fused-ring (bicyclic) bond motifs is 1. The highest BCUT2D eigenvalue weighted by atomic mass is 16.6. The summed E-state index contributed by atoms with van der Waals surface area (Å²) in [4.78, 5) is 14.6. The lowest BCUT2D eigenvalue weighted by Gasteiger charge is -2.17. The molecule has 0 spiro atoms. The van der Waals surface area contributed by atoms with Gasteiger partial charge in [0.2, 0.25) is 0 Å². The summed E-state index contributed by atoms with van der Waals surface area (Å²) in [5.41, 5.74) is 0.875.